The molecular formula is C24H28N6O2. The normalized spacial score (nSPS) is 16.8. The quantitative estimate of drug-likeness (QED) is 0.535. The second-order valence-corrected chi connectivity index (χ2v) is 8.38. The minimum atomic E-state index is -0.0283. The smallest absolute Gasteiger partial charge is 0.254 e. The van der Waals surface area contributed by atoms with Gasteiger partial charge in [0.1, 0.15) is 16.9 Å². The molecule has 1 aromatic carbocycles. The van der Waals surface area contributed by atoms with Gasteiger partial charge in [0.15, 0.2) is 5.82 Å². The molecule has 1 fully saturated rings. The first-order valence-corrected chi connectivity index (χ1v) is 11.1. The molecule has 1 amide bonds. The number of likely N-dealkylation sites (tertiary alicyclic amines) is 1. The Balaban J connectivity index is 1.64. The molecule has 3 aromatic heterocycles. The molecule has 1 unspecified atom stereocenters. The topological polar surface area (TPSA) is 91.2 Å². The van der Waals surface area contributed by atoms with E-state index < -0.39 is 0 Å². The predicted octanol–water partition coefficient (Wildman–Crippen LogP) is 3.18. The van der Waals surface area contributed by atoms with Gasteiger partial charge in [-0.1, -0.05) is 0 Å². The molecule has 32 heavy (non-hydrogen) atoms. The lowest BCUT2D eigenvalue weighted by Gasteiger charge is -2.30. The number of fused-ring (bicyclic) bond motifs is 2. The average molecular weight is 433 g/mol. The number of methoxy groups -OCH3 is 1. The number of benzene rings is 1. The number of ether oxygens (including phenoxy) is 1. The summed E-state index contributed by atoms with van der Waals surface area (Å²) in [5.41, 5.74) is 10.2. The highest BCUT2D eigenvalue weighted by molar-refractivity contribution is 6.00. The number of carbonyl (C=O) groups is 1. The molecule has 166 valence electrons. The van der Waals surface area contributed by atoms with E-state index in [9.17, 15) is 4.79 Å². The molecule has 1 saturated heterocycles. The van der Waals surface area contributed by atoms with E-state index >= 15 is 0 Å². The summed E-state index contributed by atoms with van der Waals surface area (Å²) in [6.45, 7) is 4.18. The molecule has 8 nitrogen and oxygen atoms in total. The van der Waals surface area contributed by atoms with Crippen LogP contribution in [0.25, 0.3) is 33.6 Å². The van der Waals surface area contributed by atoms with E-state index in [1.54, 1.807) is 13.3 Å². The molecule has 8 heteroatoms. The predicted molar refractivity (Wildman–Crippen MR) is 125 cm³/mol. The first-order valence-electron chi connectivity index (χ1n) is 11.1. The van der Waals surface area contributed by atoms with Crippen molar-refractivity contribution in [1.29, 1.82) is 0 Å². The largest absolute Gasteiger partial charge is 0.494 e. The number of carbonyl (C=O) groups excluding carboxylic acids is 1. The van der Waals surface area contributed by atoms with Gasteiger partial charge >= 0.3 is 0 Å². The maximum absolute atomic E-state index is 13.2. The summed E-state index contributed by atoms with van der Waals surface area (Å²) < 4.78 is 9.88. The highest BCUT2D eigenvalue weighted by atomic mass is 16.5. The molecular weight excluding hydrogens is 404 g/mol. The molecule has 4 aromatic rings. The van der Waals surface area contributed by atoms with E-state index in [0.29, 0.717) is 17.9 Å². The number of amides is 1. The molecule has 0 bridgehead atoms. The monoisotopic (exact) mass is 432 g/mol. The van der Waals surface area contributed by atoms with E-state index in [2.05, 4.69) is 28.6 Å². The summed E-state index contributed by atoms with van der Waals surface area (Å²) >= 11 is 0. The molecule has 0 aliphatic carbocycles. The summed E-state index contributed by atoms with van der Waals surface area (Å²) in [7, 11) is 3.60. The molecule has 1 aliphatic heterocycles. The van der Waals surface area contributed by atoms with Crippen LogP contribution in [0.2, 0.25) is 0 Å². The van der Waals surface area contributed by atoms with Gasteiger partial charge in [0, 0.05) is 49.9 Å². The third-order valence-corrected chi connectivity index (χ3v) is 6.35. The summed E-state index contributed by atoms with van der Waals surface area (Å²) in [5.74, 6) is 1.41. The number of aryl methyl sites for hydroxylation is 2. The fraction of sp³-hybridized carbons (Fsp3) is 0.375. The summed E-state index contributed by atoms with van der Waals surface area (Å²) in [5, 5.41) is 1.07. The zero-order valence-electron chi connectivity index (χ0n) is 18.7. The van der Waals surface area contributed by atoms with Crippen molar-refractivity contribution < 1.29 is 9.53 Å². The van der Waals surface area contributed by atoms with Crippen LogP contribution in [0.15, 0.2) is 36.5 Å². The van der Waals surface area contributed by atoms with Crippen molar-refractivity contribution in [3.8, 4) is 17.3 Å². The average Bonchev–Trinajstić information content (AvgIpc) is 3.35. The number of nitrogens with zero attached hydrogens (tertiary/aromatic N) is 5. The third kappa shape index (κ3) is 3.22. The molecule has 1 atom stereocenters. The minimum absolute atomic E-state index is 0.0283. The van der Waals surface area contributed by atoms with Crippen molar-refractivity contribution in [1.82, 2.24) is 24.0 Å². The van der Waals surface area contributed by atoms with E-state index in [1.165, 1.54) is 0 Å². The van der Waals surface area contributed by atoms with Gasteiger partial charge in [-0.15, -0.1) is 0 Å². The second kappa shape index (κ2) is 7.94. The van der Waals surface area contributed by atoms with Crippen molar-refractivity contribution >= 4 is 28.0 Å². The standard InChI is InChI=1S/C24H28N6O2/c1-4-30-19(12-15-7-5-9-26-22(15)30)23-27-18-11-16(13-20(32-3)21(18)28(23)2)24(31)29-10-6-8-17(25)14-29/h5,7,9,11-13,17H,4,6,8,10,14,25H2,1-3H3. The Labute approximate surface area is 186 Å². The van der Waals surface area contributed by atoms with Crippen molar-refractivity contribution in [2.75, 3.05) is 20.2 Å². The second-order valence-electron chi connectivity index (χ2n) is 8.38. The zero-order chi connectivity index (χ0) is 22.4. The van der Waals surface area contributed by atoms with Gasteiger partial charge in [-0.05, 0) is 50.1 Å². The number of imidazole rings is 1. The Morgan fingerprint density at radius 3 is 2.91 bits per heavy atom. The molecule has 4 heterocycles. The minimum Gasteiger partial charge on any atom is -0.494 e. The number of hydrogen-bond donors (Lipinski definition) is 1. The maximum atomic E-state index is 13.2. The Morgan fingerprint density at radius 2 is 2.16 bits per heavy atom. The molecule has 0 radical (unpaired) electrons. The fourth-order valence-corrected chi connectivity index (χ4v) is 4.79. The van der Waals surface area contributed by atoms with Gasteiger partial charge in [-0.25, -0.2) is 9.97 Å². The fourth-order valence-electron chi connectivity index (χ4n) is 4.79. The van der Waals surface area contributed by atoms with E-state index in [4.69, 9.17) is 15.5 Å². The van der Waals surface area contributed by atoms with Crippen LogP contribution >= 0.6 is 0 Å². The van der Waals surface area contributed by atoms with Gasteiger partial charge in [0.05, 0.1) is 18.3 Å². The van der Waals surface area contributed by atoms with E-state index in [-0.39, 0.29) is 11.9 Å². The van der Waals surface area contributed by atoms with Gasteiger partial charge < -0.3 is 24.5 Å². The van der Waals surface area contributed by atoms with Gasteiger partial charge in [0.2, 0.25) is 0 Å². The van der Waals surface area contributed by atoms with Crippen LogP contribution in [0, 0.1) is 0 Å². The van der Waals surface area contributed by atoms with E-state index in [0.717, 1.165) is 59.5 Å². The summed E-state index contributed by atoms with van der Waals surface area (Å²) in [4.78, 5) is 24.5. The Kier molecular flexibility index (Phi) is 5.09. The van der Waals surface area contributed by atoms with E-state index in [1.807, 2.05) is 34.7 Å². The number of hydrogen-bond acceptors (Lipinski definition) is 5. The summed E-state index contributed by atoms with van der Waals surface area (Å²) in [6.07, 6.45) is 3.69. The number of rotatable bonds is 4. The van der Waals surface area contributed by atoms with Crippen LogP contribution in [0.4, 0.5) is 0 Å². The number of pyridine rings is 1. The lowest BCUT2D eigenvalue weighted by Crippen LogP contribution is -2.45. The van der Waals surface area contributed by atoms with Crippen molar-refractivity contribution in [3.05, 3.63) is 42.1 Å². The van der Waals surface area contributed by atoms with Crippen LogP contribution in [-0.4, -0.2) is 56.2 Å². The highest BCUT2D eigenvalue weighted by Crippen LogP contribution is 2.34. The zero-order valence-corrected chi connectivity index (χ0v) is 18.7. The van der Waals surface area contributed by atoms with Gasteiger partial charge in [-0.3, -0.25) is 4.79 Å². The SMILES string of the molecule is CCn1c(-c2nc3cc(C(=O)N4CCCC(N)C4)cc(OC)c3n2C)cc2cccnc21. The molecule has 1 aliphatic rings. The number of aromatic nitrogens is 4. The van der Waals surface area contributed by atoms with Crippen LogP contribution in [0.3, 0.4) is 0 Å². The molecule has 2 N–H and O–H groups in total. The highest BCUT2D eigenvalue weighted by Gasteiger charge is 2.25. The lowest BCUT2D eigenvalue weighted by atomic mass is 10.0. The molecule has 0 spiro atoms. The molecule has 0 saturated carbocycles. The van der Waals surface area contributed by atoms with Crippen molar-refractivity contribution in [2.45, 2.75) is 32.4 Å². The van der Waals surface area contributed by atoms with Crippen molar-refractivity contribution in [2.24, 2.45) is 12.8 Å². The van der Waals surface area contributed by atoms with Gasteiger partial charge in [-0.2, -0.15) is 0 Å². The van der Waals surface area contributed by atoms with Crippen LogP contribution in [0.1, 0.15) is 30.1 Å². The first-order chi connectivity index (χ1) is 15.5. The van der Waals surface area contributed by atoms with Gasteiger partial charge in [0.25, 0.3) is 5.91 Å². The third-order valence-electron chi connectivity index (χ3n) is 6.35. The molecule has 5 rings (SSSR count). The van der Waals surface area contributed by atoms with Crippen LogP contribution < -0.4 is 10.5 Å². The van der Waals surface area contributed by atoms with Crippen LogP contribution in [-0.2, 0) is 13.6 Å². The van der Waals surface area contributed by atoms with Crippen molar-refractivity contribution in [3.63, 3.8) is 0 Å². The Hall–Kier alpha value is -3.39. The number of piperidine rings is 1. The Bertz CT molecular complexity index is 1320. The maximum Gasteiger partial charge on any atom is 0.254 e. The summed E-state index contributed by atoms with van der Waals surface area (Å²) in [6, 6.07) is 9.81. The first kappa shape index (κ1) is 20.5. The Morgan fingerprint density at radius 1 is 1.31 bits per heavy atom. The lowest BCUT2D eigenvalue weighted by molar-refractivity contribution is 0.0708. The van der Waals surface area contributed by atoms with Crippen LogP contribution in [0.5, 0.6) is 5.75 Å². The number of nitrogens with two attached hydrogens (primary N) is 1.